The zero-order valence-corrected chi connectivity index (χ0v) is 14.3. The first-order valence-corrected chi connectivity index (χ1v) is 7.59. The highest BCUT2D eigenvalue weighted by atomic mass is 16.5. The summed E-state index contributed by atoms with van der Waals surface area (Å²) in [6.45, 7) is 6.14. The lowest BCUT2D eigenvalue weighted by molar-refractivity contribution is -0.127. The minimum Gasteiger partial charge on any atom is -0.493 e. The van der Waals surface area contributed by atoms with E-state index in [0.29, 0.717) is 23.7 Å². The first-order valence-electron chi connectivity index (χ1n) is 7.59. The van der Waals surface area contributed by atoms with Crippen molar-refractivity contribution in [1.29, 1.82) is 0 Å². The molecule has 1 aliphatic rings. The van der Waals surface area contributed by atoms with Gasteiger partial charge in [0.2, 0.25) is 11.8 Å². The van der Waals surface area contributed by atoms with Gasteiger partial charge >= 0.3 is 0 Å². The molecule has 1 aromatic carbocycles. The second kappa shape index (κ2) is 6.48. The number of carbonyl (C=O) groups is 2. The van der Waals surface area contributed by atoms with Gasteiger partial charge in [-0.3, -0.25) is 9.59 Å². The quantitative estimate of drug-likeness (QED) is 0.921. The summed E-state index contributed by atoms with van der Waals surface area (Å²) in [4.78, 5) is 26.2. The number of methoxy groups -OCH3 is 2. The Morgan fingerprint density at radius 1 is 1.22 bits per heavy atom. The molecule has 1 aliphatic heterocycles. The average Bonchev–Trinajstić information content (AvgIpc) is 2.87. The molecule has 0 saturated carbocycles. The number of nitrogens with zero attached hydrogens (tertiary/aromatic N) is 1. The lowest BCUT2D eigenvalue weighted by Gasteiger charge is -2.23. The maximum absolute atomic E-state index is 12.3. The van der Waals surface area contributed by atoms with E-state index in [2.05, 4.69) is 5.32 Å². The fourth-order valence-electron chi connectivity index (χ4n) is 2.60. The number of hydrogen-bond donors (Lipinski definition) is 1. The highest BCUT2D eigenvalue weighted by molar-refractivity contribution is 6.00. The molecule has 1 aromatic rings. The second-order valence-corrected chi connectivity index (χ2v) is 6.68. The Hall–Kier alpha value is -2.24. The molecule has 1 N–H and O–H groups in total. The van der Waals surface area contributed by atoms with Gasteiger partial charge in [-0.2, -0.15) is 0 Å². The van der Waals surface area contributed by atoms with Crippen molar-refractivity contribution < 1.29 is 19.1 Å². The van der Waals surface area contributed by atoms with Crippen LogP contribution in [0.5, 0.6) is 11.5 Å². The molecule has 0 radical (unpaired) electrons. The topological polar surface area (TPSA) is 67.9 Å². The molecule has 126 valence electrons. The van der Waals surface area contributed by atoms with Gasteiger partial charge in [0.05, 0.1) is 20.1 Å². The average molecular weight is 320 g/mol. The van der Waals surface area contributed by atoms with Crippen molar-refractivity contribution in [2.24, 2.45) is 5.92 Å². The van der Waals surface area contributed by atoms with E-state index in [0.717, 1.165) is 0 Å². The number of benzene rings is 1. The third kappa shape index (κ3) is 3.94. The molecule has 6 nitrogen and oxygen atoms in total. The van der Waals surface area contributed by atoms with Crippen molar-refractivity contribution in [2.75, 3.05) is 25.7 Å². The Morgan fingerprint density at radius 3 is 2.43 bits per heavy atom. The van der Waals surface area contributed by atoms with Crippen molar-refractivity contribution in [3.05, 3.63) is 18.2 Å². The summed E-state index contributed by atoms with van der Waals surface area (Å²) in [7, 11) is 3.11. The van der Waals surface area contributed by atoms with Crippen LogP contribution < -0.4 is 19.7 Å². The lowest BCUT2D eigenvalue weighted by Crippen LogP contribution is -2.44. The zero-order valence-electron chi connectivity index (χ0n) is 14.3. The second-order valence-electron chi connectivity index (χ2n) is 6.68. The molecule has 0 unspecified atom stereocenters. The van der Waals surface area contributed by atoms with Crippen molar-refractivity contribution >= 4 is 17.5 Å². The summed E-state index contributed by atoms with van der Waals surface area (Å²) in [5.41, 5.74) is 0.398. The smallest absolute Gasteiger partial charge is 0.227 e. The summed E-state index contributed by atoms with van der Waals surface area (Å²) in [6, 6.07) is 5.30. The standard InChI is InChI=1S/C17H24N2O4/c1-17(2,3)18-16(21)11-8-15(20)19(10-11)12-6-7-13(22-4)14(9-12)23-5/h6-7,9,11H,8,10H2,1-5H3,(H,18,21)/t11-/m0/s1. The maximum atomic E-state index is 12.3. The van der Waals surface area contributed by atoms with E-state index >= 15 is 0 Å². The van der Waals surface area contributed by atoms with Crippen LogP contribution in [0.3, 0.4) is 0 Å². The highest BCUT2D eigenvalue weighted by Crippen LogP contribution is 2.34. The van der Waals surface area contributed by atoms with E-state index in [9.17, 15) is 9.59 Å². The van der Waals surface area contributed by atoms with Gasteiger partial charge in [0.1, 0.15) is 0 Å². The normalized spacial score (nSPS) is 18.0. The molecule has 2 rings (SSSR count). The lowest BCUT2D eigenvalue weighted by atomic mass is 10.0. The van der Waals surface area contributed by atoms with Gasteiger partial charge in [-0.25, -0.2) is 0 Å². The van der Waals surface area contributed by atoms with Crippen molar-refractivity contribution in [3.8, 4) is 11.5 Å². The number of carbonyl (C=O) groups excluding carboxylic acids is 2. The monoisotopic (exact) mass is 320 g/mol. The molecule has 23 heavy (non-hydrogen) atoms. The van der Waals surface area contributed by atoms with Gasteiger partial charge in [-0.05, 0) is 32.9 Å². The summed E-state index contributed by atoms with van der Waals surface area (Å²) >= 11 is 0. The van der Waals surface area contributed by atoms with E-state index in [1.54, 1.807) is 37.3 Å². The van der Waals surface area contributed by atoms with E-state index < -0.39 is 0 Å². The molecule has 6 heteroatoms. The Kier molecular flexibility index (Phi) is 4.82. The Bertz CT molecular complexity index is 607. The summed E-state index contributed by atoms with van der Waals surface area (Å²) < 4.78 is 10.5. The molecule has 0 bridgehead atoms. The van der Waals surface area contributed by atoms with E-state index in [4.69, 9.17) is 9.47 Å². The van der Waals surface area contributed by atoms with Crippen molar-refractivity contribution in [3.63, 3.8) is 0 Å². The summed E-state index contributed by atoms with van der Waals surface area (Å²) in [5, 5.41) is 2.93. The first kappa shape index (κ1) is 17.1. The Labute approximate surface area is 136 Å². The largest absolute Gasteiger partial charge is 0.493 e. The Balaban J connectivity index is 2.16. The number of nitrogens with one attached hydrogen (secondary N) is 1. The van der Waals surface area contributed by atoms with Crippen LogP contribution in [0.15, 0.2) is 18.2 Å². The third-order valence-electron chi connectivity index (χ3n) is 3.67. The number of anilines is 1. The predicted molar refractivity (Wildman–Crippen MR) is 87.9 cm³/mol. The summed E-state index contributed by atoms with van der Waals surface area (Å²) in [5.74, 6) is 0.667. The van der Waals surface area contributed by atoms with Crippen molar-refractivity contribution in [1.82, 2.24) is 5.32 Å². The molecule has 0 aliphatic carbocycles. The molecule has 0 spiro atoms. The number of rotatable bonds is 4. The zero-order chi connectivity index (χ0) is 17.2. The molecule has 1 atom stereocenters. The van der Waals surface area contributed by atoms with Crippen LogP contribution >= 0.6 is 0 Å². The highest BCUT2D eigenvalue weighted by Gasteiger charge is 2.36. The van der Waals surface area contributed by atoms with Crippen LogP contribution in [-0.2, 0) is 9.59 Å². The molecule has 2 amide bonds. The van der Waals surface area contributed by atoms with E-state index in [-0.39, 0.29) is 29.7 Å². The number of hydrogen-bond acceptors (Lipinski definition) is 4. The predicted octanol–water partition coefficient (Wildman–Crippen LogP) is 1.97. The van der Waals surface area contributed by atoms with Crippen LogP contribution in [0.1, 0.15) is 27.2 Å². The maximum Gasteiger partial charge on any atom is 0.227 e. The van der Waals surface area contributed by atoms with Crippen LogP contribution in [-0.4, -0.2) is 38.1 Å². The summed E-state index contributed by atoms with van der Waals surface area (Å²) in [6.07, 6.45) is 0.219. The van der Waals surface area contributed by atoms with Crippen LogP contribution in [0, 0.1) is 5.92 Å². The van der Waals surface area contributed by atoms with E-state index in [1.165, 1.54) is 0 Å². The minimum absolute atomic E-state index is 0.0636. The number of ether oxygens (including phenoxy) is 2. The number of amides is 2. The van der Waals surface area contributed by atoms with Crippen molar-refractivity contribution in [2.45, 2.75) is 32.7 Å². The molecule has 1 fully saturated rings. The van der Waals surface area contributed by atoms with Gasteiger partial charge in [0.25, 0.3) is 0 Å². The van der Waals surface area contributed by atoms with Crippen LogP contribution in [0.25, 0.3) is 0 Å². The minimum atomic E-state index is -0.338. The van der Waals surface area contributed by atoms with Crippen LogP contribution in [0.2, 0.25) is 0 Å². The molecular weight excluding hydrogens is 296 g/mol. The fourth-order valence-corrected chi connectivity index (χ4v) is 2.60. The molecule has 1 heterocycles. The van der Waals surface area contributed by atoms with Gasteiger partial charge in [-0.1, -0.05) is 0 Å². The van der Waals surface area contributed by atoms with Gasteiger partial charge in [0, 0.05) is 30.3 Å². The molecule has 0 aromatic heterocycles. The van der Waals surface area contributed by atoms with Gasteiger partial charge in [-0.15, -0.1) is 0 Å². The van der Waals surface area contributed by atoms with Gasteiger partial charge in [0.15, 0.2) is 11.5 Å². The van der Waals surface area contributed by atoms with Crippen LogP contribution in [0.4, 0.5) is 5.69 Å². The third-order valence-corrected chi connectivity index (χ3v) is 3.67. The molecular formula is C17H24N2O4. The molecule has 1 saturated heterocycles. The Morgan fingerprint density at radius 2 is 1.87 bits per heavy atom. The SMILES string of the molecule is COc1ccc(N2C[C@@H](C(=O)NC(C)(C)C)CC2=O)cc1OC. The fraction of sp³-hybridized carbons (Fsp3) is 0.529. The first-order chi connectivity index (χ1) is 10.7. The van der Waals surface area contributed by atoms with E-state index in [1.807, 2.05) is 20.8 Å². The van der Waals surface area contributed by atoms with Gasteiger partial charge < -0.3 is 19.7 Å².